The third-order valence-electron chi connectivity index (χ3n) is 7.66. The molecule has 5 rings (SSSR count). The predicted molar refractivity (Wildman–Crippen MR) is 187 cm³/mol. The first-order chi connectivity index (χ1) is 23.2. The van der Waals surface area contributed by atoms with Crippen molar-refractivity contribution in [3.05, 3.63) is 125 Å². The zero-order valence-corrected chi connectivity index (χ0v) is 29.1. The van der Waals surface area contributed by atoms with E-state index in [9.17, 15) is 9.59 Å². The number of hydrogen-bond donors (Lipinski definition) is 0. The normalized spacial score (nSPS) is 14.2. The molecule has 0 aliphatic carbocycles. The van der Waals surface area contributed by atoms with Crippen molar-refractivity contribution in [1.82, 2.24) is 4.57 Å². The molecule has 3 aromatic carbocycles. The standard InChI is InChI=1S/C37H37ClN2O7S/c1-7-10-25-17-24(18-30(45-8-2)34(25)47-21-23-11-13-26(38)14-12-23)19-31-35(41)40-33(28-20-27(43-5)15-16-29(28)44-6)32(36(42)46-9-3)22(4)39-37(40)48-31/h7,11-20,33H,1,8-10,21H2,2-6H3/b31-19+/t33-/m0/s1. The molecular weight excluding hydrogens is 652 g/mol. The Balaban J connectivity index is 1.66. The minimum Gasteiger partial charge on any atom is -0.497 e. The van der Waals surface area contributed by atoms with Gasteiger partial charge in [-0.1, -0.05) is 41.1 Å². The van der Waals surface area contributed by atoms with E-state index < -0.39 is 12.0 Å². The van der Waals surface area contributed by atoms with Crippen molar-refractivity contribution in [2.45, 2.75) is 39.8 Å². The summed E-state index contributed by atoms with van der Waals surface area (Å²) in [4.78, 5) is 32.8. The molecule has 1 aliphatic rings. The van der Waals surface area contributed by atoms with Crippen LogP contribution in [-0.4, -0.2) is 38.0 Å². The van der Waals surface area contributed by atoms with Crippen LogP contribution in [0.4, 0.5) is 0 Å². The number of esters is 1. The number of methoxy groups -OCH3 is 2. The van der Waals surface area contributed by atoms with Crippen LogP contribution in [0.5, 0.6) is 23.0 Å². The van der Waals surface area contributed by atoms with E-state index in [1.807, 2.05) is 43.3 Å². The minimum absolute atomic E-state index is 0.163. The SMILES string of the molecule is C=CCc1cc(/C=c2/sc3n(c2=O)[C@@H](c2cc(OC)ccc2OC)C(C(=O)OCC)=C(C)N=3)cc(OCC)c1OCc1ccc(Cl)cc1. The number of rotatable bonds is 13. The maximum absolute atomic E-state index is 14.3. The van der Waals surface area contributed by atoms with Crippen molar-refractivity contribution in [1.29, 1.82) is 0 Å². The lowest BCUT2D eigenvalue weighted by Crippen LogP contribution is -2.40. The molecule has 0 amide bonds. The quantitative estimate of drug-likeness (QED) is 0.122. The Bertz CT molecular complexity index is 2050. The van der Waals surface area contributed by atoms with Gasteiger partial charge in [0.2, 0.25) is 0 Å². The maximum atomic E-state index is 14.3. The van der Waals surface area contributed by atoms with Gasteiger partial charge in [0.15, 0.2) is 16.3 Å². The summed E-state index contributed by atoms with van der Waals surface area (Å²) < 4.78 is 30.9. The van der Waals surface area contributed by atoms with Crippen molar-refractivity contribution in [3.8, 4) is 23.0 Å². The molecule has 250 valence electrons. The number of hydrogen-bond acceptors (Lipinski definition) is 9. The summed E-state index contributed by atoms with van der Waals surface area (Å²) in [6.45, 7) is 10.2. The zero-order chi connectivity index (χ0) is 34.4. The summed E-state index contributed by atoms with van der Waals surface area (Å²) in [5, 5.41) is 0.650. The summed E-state index contributed by atoms with van der Waals surface area (Å²) in [6, 6.07) is 15.7. The molecule has 48 heavy (non-hydrogen) atoms. The third kappa shape index (κ3) is 7.19. The largest absolute Gasteiger partial charge is 0.497 e. The molecule has 4 aromatic rings. The Morgan fingerprint density at radius 2 is 1.79 bits per heavy atom. The number of nitrogens with zero attached hydrogens (tertiary/aromatic N) is 2. The predicted octanol–water partition coefficient (Wildman–Crippen LogP) is 6.18. The molecule has 0 bridgehead atoms. The van der Waals surface area contributed by atoms with E-state index in [0.717, 1.165) is 16.7 Å². The molecular formula is C37H37ClN2O7S. The van der Waals surface area contributed by atoms with Crippen LogP contribution in [0.2, 0.25) is 5.02 Å². The topological polar surface area (TPSA) is 97.6 Å². The second-order valence-electron chi connectivity index (χ2n) is 10.8. The van der Waals surface area contributed by atoms with E-state index in [1.165, 1.54) is 23.0 Å². The Kier molecular flexibility index (Phi) is 11.1. The van der Waals surface area contributed by atoms with Gasteiger partial charge in [-0.05, 0) is 86.9 Å². The molecule has 9 nitrogen and oxygen atoms in total. The molecule has 11 heteroatoms. The highest BCUT2D eigenvalue weighted by Crippen LogP contribution is 2.38. The van der Waals surface area contributed by atoms with Gasteiger partial charge < -0.3 is 23.7 Å². The van der Waals surface area contributed by atoms with E-state index >= 15 is 0 Å². The average Bonchev–Trinajstić information content (AvgIpc) is 3.38. The van der Waals surface area contributed by atoms with Crippen LogP contribution in [-0.2, 0) is 22.6 Å². The minimum atomic E-state index is -0.869. The fourth-order valence-electron chi connectivity index (χ4n) is 5.53. The van der Waals surface area contributed by atoms with Crippen LogP contribution < -0.4 is 33.8 Å². The first kappa shape index (κ1) is 34.5. The average molecular weight is 689 g/mol. The lowest BCUT2D eigenvalue weighted by Gasteiger charge is -2.26. The number of aromatic nitrogens is 1. The highest BCUT2D eigenvalue weighted by atomic mass is 35.5. The molecule has 0 saturated heterocycles. The summed E-state index contributed by atoms with van der Waals surface area (Å²) in [6.07, 6.45) is 4.10. The molecule has 0 N–H and O–H groups in total. The van der Waals surface area contributed by atoms with E-state index in [1.54, 1.807) is 51.3 Å². The number of halogens is 1. The molecule has 0 spiro atoms. The number of ether oxygens (including phenoxy) is 5. The molecule has 1 aromatic heterocycles. The Morgan fingerprint density at radius 1 is 1.02 bits per heavy atom. The summed E-state index contributed by atoms with van der Waals surface area (Å²) in [5.74, 6) is 1.61. The van der Waals surface area contributed by atoms with Gasteiger partial charge in [0.1, 0.15) is 24.1 Å². The molecule has 0 radical (unpaired) electrons. The second-order valence-corrected chi connectivity index (χ2v) is 12.2. The van der Waals surface area contributed by atoms with Gasteiger partial charge in [-0.15, -0.1) is 6.58 Å². The van der Waals surface area contributed by atoms with Gasteiger partial charge in [-0.3, -0.25) is 9.36 Å². The molecule has 0 fully saturated rings. The van der Waals surface area contributed by atoms with E-state index in [2.05, 4.69) is 6.58 Å². The Morgan fingerprint density at radius 3 is 2.46 bits per heavy atom. The van der Waals surface area contributed by atoms with Gasteiger partial charge in [-0.25, -0.2) is 9.79 Å². The molecule has 1 aliphatic heterocycles. The number of benzene rings is 3. The summed E-state index contributed by atoms with van der Waals surface area (Å²) in [5.41, 5.74) is 3.47. The van der Waals surface area contributed by atoms with E-state index in [0.29, 0.717) is 68.2 Å². The van der Waals surface area contributed by atoms with Gasteiger partial charge in [-0.2, -0.15) is 0 Å². The van der Waals surface area contributed by atoms with Gasteiger partial charge in [0.05, 0.1) is 43.2 Å². The number of allylic oxidation sites excluding steroid dienone is 2. The van der Waals surface area contributed by atoms with Crippen LogP contribution in [0.1, 0.15) is 49.1 Å². The van der Waals surface area contributed by atoms with E-state index in [4.69, 9.17) is 40.3 Å². The maximum Gasteiger partial charge on any atom is 0.338 e. The van der Waals surface area contributed by atoms with Crippen LogP contribution in [0.15, 0.2) is 88.3 Å². The van der Waals surface area contributed by atoms with Crippen molar-refractivity contribution in [3.63, 3.8) is 0 Å². The first-order valence-corrected chi connectivity index (χ1v) is 16.6. The van der Waals surface area contributed by atoms with Crippen molar-refractivity contribution >= 4 is 35.0 Å². The lowest BCUT2D eigenvalue weighted by molar-refractivity contribution is -0.139. The summed E-state index contributed by atoms with van der Waals surface area (Å²) >= 11 is 7.29. The molecule has 0 unspecified atom stereocenters. The van der Waals surface area contributed by atoms with E-state index in [-0.39, 0.29) is 17.7 Å². The smallest absolute Gasteiger partial charge is 0.338 e. The number of carbonyl (C=O) groups excluding carboxylic acids is 1. The number of thiazole rings is 1. The zero-order valence-electron chi connectivity index (χ0n) is 27.5. The van der Waals surface area contributed by atoms with Crippen LogP contribution in [0, 0.1) is 0 Å². The highest BCUT2D eigenvalue weighted by Gasteiger charge is 2.35. The number of carbonyl (C=O) groups is 1. The Labute approximate surface area is 288 Å². The number of fused-ring (bicyclic) bond motifs is 1. The highest BCUT2D eigenvalue weighted by molar-refractivity contribution is 7.07. The van der Waals surface area contributed by atoms with Crippen LogP contribution in [0.25, 0.3) is 6.08 Å². The monoisotopic (exact) mass is 688 g/mol. The van der Waals surface area contributed by atoms with Gasteiger partial charge in [0.25, 0.3) is 5.56 Å². The lowest BCUT2D eigenvalue weighted by atomic mass is 9.94. The molecule has 0 saturated carbocycles. The molecule has 1 atom stereocenters. The first-order valence-electron chi connectivity index (χ1n) is 15.4. The van der Waals surface area contributed by atoms with Gasteiger partial charge >= 0.3 is 5.97 Å². The van der Waals surface area contributed by atoms with Crippen LogP contribution >= 0.6 is 22.9 Å². The summed E-state index contributed by atoms with van der Waals surface area (Å²) in [7, 11) is 3.09. The fourth-order valence-corrected chi connectivity index (χ4v) is 6.70. The molecule has 2 heterocycles. The van der Waals surface area contributed by atoms with Crippen molar-refractivity contribution in [2.24, 2.45) is 4.99 Å². The van der Waals surface area contributed by atoms with Gasteiger partial charge in [0, 0.05) is 16.1 Å². The Hall–Kier alpha value is -4.80. The fraction of sp³-hybridized carbons (Fsp3) is 0.270. The third-order valence-corrected chi connectivity index (χ3v) is 8.90. The van der Waals surface area contributed by atoms with Crippen molar-refractivity contribution < 1.29 is 28.5 Å². The van der Waals surface area contributed by atoms with Crippen LogP contribution in [0.3, 0.4) is 0 Å². The second kappa shape index (κ2) is 15.4. The van der Waals surface area contributed by atoms with Crippen molar-refractivity contribution in [2.75, 3.05) is 27.4 Å².